The van der Waals surface area contributed by atoms with Crippen molar-refractivity contribution in [2.75, 3.05) is 64.4 Å². The van der Waals surface area contributed by atoms with Gasteiger partial charge in [-0.1, -0.05) is 26.0 Å². The molecule has 1 aromatic carbocycles. The molecule has 9 nitrogen and oxygen atoms in total. The Balaban J connectivity index is 1.56. The third-order valence-corrected chi connectivity index (χ3v) is 8.38. The molecular weight excluding hydrogens is 541 g/mol. The van der Waals surface area contributed by atoms with Crippen LogP contribution in [-0.2, 0) is 19.0 Å². The average molecular weight is 588 g/mol. The number of carbonyl (C=O) groups excluding carboxylic acids is 2. The van der Waals surface area contributed by atoms with E-state index in [0.29, 0.717) is 57.8 Å². The molecule has 0 aliphatic carbocycles. The highest BCUT2D eigenvalue weighted by molar-refractivity contribution is 5.71. The van der Waals surface area contributed by atoms with Gasteiger partial charge in [0, 0.05) is 50.9 Å². The Bertz CT molecular complexity index is 1130. The van der Waals surface area contributed by atoms with Crippen molar-refractivity contribution in [2.45, 2.75) is 58.3 Å². The van der Waals surface area contributed by atoms with Gasteiger partial charge in [-0.2, -0.15) is 0 Å². The summed E-state index contributed by atoms with van der Waals surface area (Å²) in [5.74, 6) is -1.16. The third kappa shape index (κ3) is 9.02. The van der Waals surface area contributed by atoms with Crippen molar-refractivity contribution in [3.63, 3.8) is 0 Å². The van der Waals surface area contributed by atoms with Crippen molar-refractivity contribution in [2.24, 2.45) is 11.8 Å². The second-order valence-electron chi connectivity index (χ2n) is 11.9. The van der Waals surface area contributed by atoms with Gasteiger partial charge in [-0.15, -0.1) is 0 Å². The molecule has 5 atom stereocenters. The standard InChI is InChI=1S/C32H46FN3O6/c1-22-5-7-28(37)21-30(38)42-31(23(2)6-8-29(22)41-32(39)36-11-9-34(4)10-12-36)24(3)17-25-18-26(33)20-27(19-25)35-13-15-40-16-14-35/h6,8,17-20,22-23,28-29,31,37H,5,7,9-16,21H2,1-4H3/b8-6-,24-17+/t22-,23-,28+,29-,31-/m0/s1. The second-order valence-corrected chi connectivity index (χ2v) is 11.9. The van der Waals surface area contributed by atoms with E-state index in [2.05, 4.69) is 9.80 Å². The lowest BCUT2D eigenvalue weighted by atomic mass is 9.91. The van der Waals surface area contributed by atoms with Crippen LogP contribution in [0, 0.1) is 17.7 Å². The molecule has 3 aliphatic heterocycles. The highest BCUT2D eigenvalue weighted by Gasteiger charge is 2.29. The second kappa shape index (κ2) is 15.0. The molecule has 0 bridgehead atoms. The molecule has 2 fully saturated rings. The lowest BCUT2D eigenvalue weighted by Crippen LogP contribution is -2.48. The van der Waals surface area contributed by atoms with Gasteiger partial charge in [0.1, 0.15) is 18.0 Å². The number of morpholine rings is 1. The number of cyclic esters (lactones) is 1. The van der Waals surface area contributed by atoms with Crippen LogP contribution in [-0.4, -0.2) is 105 Å². The van der Waals surface area contributed by atoms with Gasteiger partial charge < -0.3 is 34.0 Å². The number of ether oxygens (including phenoxy) is 3. The number of nitrogens with zero attached hydrogens (tertiary/aromatic N) is 3. The summed E-state index contributed by atoms with van der Waals surface area (Å²) in [7, 11) is 2.03. The predicted octanol–water partition coefficient (Wildman–Crippen LogP) is 4.10. The molecule has 0 saturated carbocycles. The third-order valence-electron chi connectivity index (χ3n) is 8.38. The number of piperazine rings is 1. The van der Waals surface area contributed by atoms with E-state index in [0.717, 1.165) is 24.4 Å². The number of aliphatic hydroxyl groups is 1. The fourth-order valence-electron chi connectivity index (χ4n) is 5.66. The molecule has 4 rings (SSSR count). The molecule has 0 aromatic heterocycles. The number of likely N-dealkylation sites (N-methyl/N-ethyl adjacent to an activating group) is 1. The number of rotatable bonds is 4. The quantitative estimate of drug-likeness (QED) is 0.416. The lowest BCUT2D eigenvalue weighted by Gasteiger charge is -2.33. The van der Waals surface area contributed by atoms with Crippen LogP contribution < -0.4 is 4.90 Å². The first kappa shape index (κ1) is 32.0. The summed E-state index contributed by atoms with van der Waals surface area (Å²) >= 11 is 0. The monoisotopic (exact) mass is 587 g/mol. The average Bonchev–Trinajstić information content (AvgIpc) is 2.96. The van der Waals surface area contributed by atoms with Crippen LogP contribution in [0.1, 0.15) is 45.6 Å². The van der Waals surface area contributed by atoms with Gasteiger partial charge in [-0.05, 0) is 68.1 Å². The van der Waals surface area contributed by atoms with E-state index in [1.807, 2.05) is 52.1 Å². The minimum atomic E-state index is -0.864. The maximum Gasteiger partial charge on any atom is 0.410 e. The van der Waals surface area contributed by atoms with Crippen LogP contribution in [0.5, 0.6) is 0 Å². The summed E-state index contributed by atoms with van der Waals surface area (Å²) in [6.45, 7) is 11.2. The van der Waals surface area contributed by atoms with E-state index in [-0.39, 0.29) is 30.2 Å². The number of hydrogen-bond donors (Lipinski definition) is 1. The molecule has 1 aromatic rings. The summed E-state index contributed by atoms with van der Waals surface area (Å²) in [6, 6.07) is 4.91. The lowest BCUT2D eigenvalue weighted by molar-refractivity contribution is -0.151. The normalized spacial score (nSPS) is 29.7. The zero-order valence-corrected chi connectivity index (χ0v) is 25.3. The van der Waals surface area contributed by atoms with Gasteiger partial charge in [-0.3, -0.25) is 4.79 Å². The minimum absolute atomic E-state index is 0.0593. The van der Waals surface area contributed by atoms with Gasteiger partial charge in [0.15, 0.2) is 0 Å². The Kier molecular flexibility index (Phi) is 11.4. The predicted molar refractivity (Wildman–Crippen MR) is 160 cm³/mol. The molecule has 232 valence electrons. The number of halogens is 1. The molecule has 1 amide bonds. The molecule has 0 unspecified atom stereocenters. The molecule has 0 spiro atoms. The minimum Gasteiger partial charge on any atom is -0.457 e. The maximum absolute atomic E-state index is 14.6. The highest BCUT2D eigenvalue weighted by atomic mass is 19.1. The zero-order chi connectivity index (χ0) is 30.2. The Morgan fingerprint density at radius 3 is 2.48 bits per heavy atom. The Labute approximate surface area is 248 Å². The van der Waals surface area contributed by atoms with Gasteiger partial charge in [0.05, 0.1) is 25.7 Å². The van der Waals surface area contributed by atoms with Crippen LogP contribution in [0.25, 0.3) is 6.08 Å². The van der Waals surface area contributed by atoms with Crippen molar-refractivity contribution < 1.29 is 33.3 Å². The first-order valence-corrected chi connectivity index (χ1v) is 15.1. The first-order chi connectivity index (χ1) is 20.1. The van der Waals surface area contributed by atoms with Crippen molar-refractivity contribution >= 4 is 23.8 Å². The largest absolute Gasteiger partial charge is 0.457 e. The fourth-order valence-corrected chi connectivity index (χ4v) is 5.66. The van der Waals surface area contributed by atoms with E-state index in [4.69, 9.17) is 14.2 Å². The molecule has 10 heteroatoms. The van der Waals surface area contributed by atoms with E-state index in [9.17, 15) is 19.1 Å². The van der Waals surface area contributed by atoms with Gasteiger partial charge >= 0.3 is 12.1 Å². The number of esters is 1. The van der Waals surface area contributed by atoms with Crippen LogP contribution in [0.2, 0.25) is 0 Å². The molecular formula is C32H46FN3O6. The summed E-state index contributed by atoms with van der Waals surface area (Å²) < 4.78 is 32.0. The Morgan fingerprint density at radius 1 is 1.05 bits per heavy atom. The van der Waals surface area contributed by atoms with Gasteiger partial charge in [0.25, 0.3) is 0 Å². The van der Waals surface area contributed by atoms with Crippen LogP contribution in [0.15, 0.2) is 35.9 Å². The molecule has 3 heterocycles. The summed E-state index contributed by atoms with van der Waals surface area (Å²) in [5, 5.41) is 10.6. The topological polar surface area (TPSA) is 91.8 Å². The van der Waals surface area contributed by atoms with E-state index < -0.39 is 24.3 Å². The number of benzene rings is 1. The first-order valence-electron chi connectivity index (χ1n) is 15.1. The number of aliphatic hydroxyl groups excluding tert-OH is 1. The Morgan fingerprint density at radius 2 is 1.76 bits per heavy atom. The maximum atomic E-state index is 14.6. The number of hydrogen-bond acceptors (Lipinski definition) is 8. The van der Waals surface area contributed by atoms with Crippen molar-refractivity contribution in [1.29, 1.82) is 0 Å². The van der Waals surface area contributed by atoms with Gasteiger partial charge in [0.2, 0.25) is 0 Å². The number of anilines is 1. The van der Waals surface area contributed by atoms with E-state index >= 15 is 0 Å². The fraction of sp³-hybridized carbons (Fsp3) is 0.625. The van der Waals surface area contributed by atoms with Crippen LogP contribution in [0.4, 0.5) is 14.9 Å². The molecule has 3 aliphatic rings. The van der Waals surface area contributed by atoms with Crippen molar-refractivity contribution in [3.8, 4) is 0 Å². The molecule has 0 radical (unpaired) electrons. The summed E-state index contributed by atoms with van der Waals surface area (Å²) in [4.78, 5) is 31.8. The van der Waals surface area contributed by atoms with E-state index in [1.165, 1.54) is 12.1 Å². The highest BCUT2D eigenvalue weighted by Crippen LogP contribution is 2.27. The summed E-state index contributed by atoms with van der Waals surface area (Å²) in [6.07, 6.45) is 4.14. The van der Waals surface area contributed by atoms with Gasteiger partial charge in [-0.25, -0.2) is 9.18 Å². The number of amides is 1. The smallest absolute Gasteiger partial charge is 0.410 e. The van der Waals surface area contributed by atoms with Crippen molar-refractivity contribution in [3.05, 3.63) is 47.3 Å². The van der Waals surface area contributed by atoms with E-state index in [1.54, 1.807) is 4.90 Å². The Hall–Kier alpha value is -2.95. The number of carbonyl (C=O) groups is 2. The van der Waals surface area contributed by atoms with Crippen molar-refractivity contribution in [1.82, 2.24) is 9.80 Å². The SMILES string of the molecule is C/C(=C\c1cc(F)cc(N2CCOCC2)c1)[C@H]1OC(=O)C[C@H](O)CC[C@H](C)[C@@H](OC(=O)N2CCN(C)CC2)/C=C\[C@@H]1C. The van der Waals surface area contributed by atoms with Crippen LogP contribution >= 0.6 is 0 Å². The van der Waals surface area contributed by atoms with Crippen LogP contribution in [0.3, 0.4) is 0 Å². The summed E-state index contributed by atoms with van der Waals surface area (Å²) in [5.41, 5.74) is 2.19. The molecule has 42 heavy (non-hydrogen) atoms. The molecule has 1 N–H and O–H groups in total. The zero-order valence-electron chi connectivity index (χ0n) is 25.3. The molecule has 2 saturated heterocycles.